The molecule has 0 aliphatic carbocycles. The minimum absolute atomic E-state index is 1.13. The number of hydrogen-bond donors (Lipinski definition) is 0. The first-order valence-electron chi connectivity index (χ1n) is 6.70. The molecule has 0 spiro atoms. The summed E-state index contributed by atoms with van der Waals surface area (Å²) in [6, 6.07) is 18.7. The van der Waals surface area contributed by atoms with Gasteiger partial charge in [0.2, 0.25) is 0 Å². The van der Waals surface area contributed by atoms with Crippen LogP contribution in [0.3, 0.4) is 0 Å². The maximum atomic E-state index is 4.30. The summed E-state index contributed by atoms with van der Waals surface area (Å²) in [4.78, 5) is 4.30. The van der Waals surface area contributed by atoms with Gasteiger partial charge in [-0.25, -0.2) is 0 Å². The molecule has 0 N–H and O–H groups in total. The molecule has 20 heavy (non-hydrogen) atoms. The molecule has 0 aliphatic rings. The van der Waals surface area contributed by atoms with E-state index in [1.54, 1.807) is 6.20 Å². The molecule has 0 bridgehead atoms. The van der Waals surface area contributed by atoms with Crippen LogP contribution in [0.1, 0.15) is 12.5 Å². The molecule has 0 radical (unpaired) electrons. The fraction of sp³-hybridized carbons (Fsp3) is 0.0556. The van der Waals surface area contributed by atoms with Gasteiger partial charge in [0.05, 0.1) is 5.52 Å². The summed E-state index contributed by atoms with van der Waals surface area (Å²) in [5.41, 5.74) is 3.48. The highest BCUT2D eigenvalue weighted by atomic mass is 15.0. The Hall–Kier alpha value is -2.61. The molecule has 0 saturated heterocycles. The van der Waals surface area contributed by atoms with E-state index in [0.717, 1.165) is 11.3 Å². The van der Waals surface area contributed by atoms with Crippen molar-refractivity contribution in [2.24, 2.45) is 4.99 Å². The second-order valence-electron chi connectivity index (χ2n) is 4.57. The van der Waals surface area contributed by atoms with Crippen molar-refractivity contribution in [3.63, 3.8) is 0 Å². The predicted molar refractivity (Wildman–Crippen MR) is 85.7 cm³/mol. The van der Waals surface area contributed by atoms with Crippen LogP contribution in [-0.2, 0) is 0 Å². The van der Waals surface area contributed by atoms with E-state index in [0.29, 0.717) is 0 Å². The van der Waals surface area contributed by atoms with Crippen LogP contribution in [-0.4, -0.2) is 10.8 Å². The Bertz CT molecular complexity index is 764. The molecule has 0 fully saturated rings. The van der Waals surface area contributed by atoms with Crippen LogP contribution in [0.15, 0.2) is 78.1 Å². The molecule has 1 heterocycles. The number of allylic oxidation sites excluding steroid dienone is 1. The average Bonchev–Trinajstić information content (AvgIpc) is 2.88. The first kappa shape index (κ1) is 12.4. The molecule has 0 saturated carbocycles. The van der Waals surface area contributed by atoms with Gasteiger partial charge >= 0.3 is 0 Å². The number of aromatic nitrogens is 1. The topological polar surface area (TPSA) is 17.3 Å². The fourth-order valence-electron chi connectivity index (χ4n) is 2.32. The van der Waals surface area contributed by atoms with Gasteiger partial charge in [0.15, 0.2) is 0 Å². The Kier molecular flexibility index (Phi) is 3.46. The van der Waals surface area contributed by atoms with Gasteiger partial charge in [-0.15, -0.1) is 0 Å². The van der Waals surface area contributed by atoms with Gasteiger partial charge in [0.25, 0.3) is 0 Å². The number of para-hydroxylation sites is 2. The molecule has 2 aromatic carbocycles. The molecule has 3 aromatic rings. The molecule has 0 unspecified atom stereocenters. The second kappa shape index (κ2) is 5.57. The lowest BCUT2D eigenvalue weighted by Crippen LogP contribution is -1.90. The molecule has 0 amide bonds. The van der Waals surface area contributed by atoms with E-state index in [9.17, 15) is 0 Å². The fourth-order valence-corrected chi connectivity index (χ4v) is 2.32. The highest BCUT2D eigenvalue weighted by Crippen LogP contribution is 2.23. The van der Waals surface area contributed by atoms with Crippen LogP contribution >= 0.6 is 0 Å². The maximum Gasteiger partial charge on any atom is 0.0535 e. The zero-order valence-electron chi connectivity index (χ0n) is 11.4. The monoisotopic (exact) mass is 260 g/mol. The number of aliphatic imine (C=N–C) groups is 1. The summed E-state index contributed by atoms with van der Waals surface area (Å²) in [5, 5.41) is 1.21. The van der Waals surface area contributed by atoms with Gasteiger partial charge in [-0.2, -0.15) is 0 Å². The average molecular weight is 260 g/mol. The molecule has 0 atom stereocenters. The zero-order valence-corrected chi connectivity index (χ0v) is 11.4. The van der Waals surface area contributed by atoms with Gasteiger partial charge in [0, 0.05) is 35.2 Å². The highest BCUT2D eigenvalue weighted by molar-refractivity contribution is 6.00. The molecule has 3 rings (SSSR count). The number of fused-ring (bicyclic) bond motifs is 1. The predicted octanol–water partition coefficient (Wildman–Crippen LogP) is 4.58. The minimum Gasteiger partial charge on any atom is -0.316 e. The summed E-state index contributed by atoms with van der Waals surface area (Å²) in [7, 11) is 0. The van der Waals surface area contributed by atoms with Crippen LogP contribution in [0.25, 0.3) is 16.6 Å². The van der Waals surface area contributed by atoms with Gasteiger partial charge in [-0.3, -0.25) is 4.99 Å². The van der Waals surface area contributed by atoms with E-state index < -0.39 is 0 Å². The van der Waals surface area contributed by atoms with Crippen molar-refractivity contribution in [3.8, 4) is 5.69 Å². The van der Waals surface area contributed by atoms with E-state index in [1.807, 2.05) is 25.3 Å². The number of nitrogens with zero attached hydrogens (tertiary/aromatic N) is 2. The lowest BCUT2D eigenvalue weighted by Gasteiger charge is -2.04. The van der Waals surface area contributed by atoms with Crippen molar-refractivity contribution in [1.82, 2.24) is 4.57 Å². The number of benzene rings is 2. The van der Waals surface area contributed by atoms with Gasteiger partial charge < -0.3 is 4.57 Å². The third kappa shape index (κ3) is 2.28. The third-order valence-corrected chi connectivity index (χ3v) is 3.23. The van der Waals surface area contributed by atoms with Crippen molar-refractivity contribution in [1.29, 1.82) is 0 Å². The maximum absolute atomic E-state index is 4.30. The normalized spacial score (nSPS) is 11.8. The Morgan fingerprint density at radius 1 is 0.950 bits per heavy atom. The largest absolute Gasteiger partial charge is 0.316 e. The van der Waals surface area contributed by atoms with Gasteiger partial charge in [-0.1, -0.05) is 42.5 Å². The van der Waals surface area contributed by atoms with Crippen LogP contribution < -0.4 is 0 Å². The Morgan fingerprint density at radius 2 is 1.70 bits per heavy atom. The summed E-state index contributed by atoms with van der Waals surface area (Å²) in [5.74, 6) is 0. The van der Waals surface area contributed by atoms with Crippen LogP contribution in [0.4, 0.5) is 0 Å². The Morgan fingerprint density at radius 3 is 2.50 bits per heavy atom. The van der Waals surface area contributed by atoms with E-state index in [4.69, 9.17) is 0 Å². The molecule has 2 nitrogen and oxygen atoms in total. The first-order chi connectivity index (χ1) is 9.90. The van der Waals surface area contributed by atoms with Crippen molar-refractivity contribution in [2.75, 3.05) is 0 Å². The first-order valence-corrected chi connectivity index (χ1v) is 6.70. The van der Waals surface area contributed by atoms with Crippen molar-refractivity contribution in [3.05, 3.63) is 78.6 Å². The van der Waals surface area contributed by atoms with Crippen molar-refractivity contribution < 1.29 is 0 Å². The second-order valence-corrected chi connectivity index (χ2v) is 4.57. The quantitative estimate of drug-likeness (QED) is 0.613. The van der Waals surface area contributed by atoms with E-state index >= 15 is 0 Å². The molecule has 1 aromatic heterocycles. The lowest BCUT2D eigenvalue weighted by molar-refractivity contribution is 1.13. The summed E-state index contributed by atoms with van der Waals surface area (Å²) >= 11 is 0. The number of rotatable bonds is 3. The Labute approximate surface area is 118 Å². The number of hydrogen-bond acceptors (Lipinski definition) is 1. The van der Waals surface area contributed by atoms with Crippen LogP contribution in [0.2, 0.25) is 0 Å². The van der Waals surface area contributed by atoms with E-state index in [1.165, 1.54) is 10.9 Å². The standard InChI is InChI=1S/C18H16N2/c1-2-12-19-13-15-14-20(16-8-4-3-5-9-16)18-11-7-6-10-17(15)18/h2-14H,1H3/b12-2-,19-13?. The Balaban J connectivity index is 2.19. The molecule has 2 heteroatoms. The summed E-state index contributed by atoms with van der Waals surface area (Å²) in [6.07, 6.45) is 7.76. The third-order valence-electron chi connectivity index (χ3n) is 3.23. The van der Waals surface area contributed by atoms with E-state index in [-0.39, 0.29) is 0 Å². The van der Waals surface area contributed by atoms with Gasteiger partial charge in [0.1, 0.15) is 0 Å². The smallest absolute Gasteiger partial charge is 0.0535 e. The minimum atomic E-state index is 1.13. The summed E-state index contributed by atoms with van der Waals surface area (Å²) in [6.45, 7) is 1.96. The highest BCUT2D eigenvalue weighted by Gasteiger charge is 2.07. The molecule has 98 valence electrons. The van der Waals surface area contributed by atoms with Crippen LogP contribution in [0, 0.1) is 0 Å². The van der Waals surface area contributed by atoms with Gasteiger partial charge in [-0.05, 0) is 25.1 Å². The van der Waals surface area contributed by atoms with Crippen molar-refractivity contribution >= 4 is 17.1 Å². The summed E-state index contributed by atoms with van der Waals surface area (Å²) < 4.78 is 2.20. The lowest BCUT2D eigenvalue weighted by atomic mass is 10.2. The zero-order chi connectivity index (χ0) is 13.8. The SMILES string of the molecule is C/C=C\N=Cc1cn(-c2ccccc2)c2ccccc12. The van der Waals surface area contributed by atoms with Crippen molar-refractivity contribution in [2.45, 2.75) is 6.92 Å². The van der Waals surface area contributed by atoms with Crippen LogP contribution in [0.5, 0.6) is 0 Å². The molecular weight excluding hydrogens is 244 g/mol. The van der Waals surface area contributed by atoms with E-state index in [2.05, 4.69) is 64.3 Å². The molecular formula is C18H16N2. The molecule has 0 aliphatic heterocycles.